The molecule has 0 radical (unpaired) electrons. The molecule has 0 amide bonds. The second kappa shape index (κ2) is 5.17. The molecule has 0 aliphatic carbocycles. The molecule has 0 aliphatic rings. The van der Waals surface area contributed by atoms with Gasteiger partial charge in [-0.05, 0) is 36.3 Å². The van der Waals surface area contributed by atoms with Gasteiger partial charge in [-0.1, -0.05) is 6.07 Å². The van der Waals surface area contributed by atoms with Crippen molar-refractivity contribution in [3.8, 4) is 0 Å². The van der Waals surface area contributed by atoms with Crippen LogP contribution in [0.15, 0.2) is 18.2 Å². The standard InChI is InChI=1S/C13H16N2O4/c1-4-18-13(16)8-19-15-10(3)14(17)12-7-9(2)5-6-11(12)15/h5-7H,4,8H2,1-3H3. The topological polar surface area (TPSA) is 67.4 Å². The molecular weight excluding hydrogens is 248 g/mol. The van der Waals surface area contributed by atoms with Gasteiger partial charge in [-0.2, -0.15) is 0 Å². The summed E-state index contributed by atoms with van der Waals surface area (Å²) in [5, 5.41) is 12.0. The first-order valence-electron chi connectivity index (χ1n) is 6.04. The zero-order valence-electron chi connectivity index (χ0n) is 11.2. The van der Waals surface area contributed by atoms with E-state index in [1.54, 1.807) is 26.0 Å². The molecule has 0 saturated heterocycles. The van der Waals surface area contributed by atoms with E-state index in [0.29, 0.717) is 23.5 Å². The summed E-state index contributed by atoms with van der Waals surface area (Å²) >= 11 is 0. The highest BCUT2D eigenvalue weighted by Crippen LogP contribution is 2.14. The number of rotatable bonds is 4. The van der Waals surface area contributed by atoms with Gasteiger partial charge in [0.2, 0.25) is 12.1 Å². The molecule has 0 N–H and O–H groups in total. The first-order valence-corrected chi connectivity index (χ1v) is 6.04. The molecule has 6 heteroatoms. The van der Waals surface area contributed by atoms with Crippen LogP contribution in [-0.4, -0.2) is 23.9 Å². The third kappa shape index (κ3) is 2.47. The Morgan fingerprint density at radius 3 is 2.84 bits per heavy atom. The number of aryl methyl sites for hydroxylation is 1. The van der Waals surface area contributed by atoms with Crippen LogP contribution in [-0.2, 0) is 9.53 Å². The molecule has 102 valence electrons. The molecule has 0 spiro atoms. The molecule has 1 aromatic carbocycles. The van der Waals surface area contributed by atoms with Gasteiger partial charge in [0.15, 0.2) is 5.52 Å². The highest BCUT2D eigenvalue weighted by molar-refractivity contribution is 5.73. The Balaban J connectivity index is 2.33. The molecule has 6 nitrogen and oxygen atoms in total. The first-order chi connectivity index (χ1) is 9.04. The lowest BCUT2D eigenvalue weighted by Gasteiger charge is -2.03. The lowest BCUT2D eigenvalue weighted by molar-refractivity contribution is -0.587. The quantitative estimate of drug-likeness (QED) is 0.467. The molecule has 1 aromatic heterocycles. The maximum atomic E-state index is 12.0. The average Bonchev–Trinajstić information content (AvgIpc) is 2.61. The summed E-state index contributed by atoms with van der Waals surface area (Å²) in [7, 11) is 0. The lowest BCUT2D eigenvalue weighted by Crippen LogP contribution is -2.31. The SMILES string of the molecule is CCOC(=O)COn1c(C)[n+]([O-])c2cc(C)ccc21. The van der Waals surface area contributed by atoms with Crippen molar-refractivity contribution in [2.24, 2.45) is 0 Å². The van der Waals surface area contributed by atoms with Gasteiger partial charge in [0, 0.05) is 6.92 Å². The van der Waals surface area contributed by atoms with Gasteiger partial charge >= 0.3 is 5.97 Å². The van der Waals surface area contributed by atoms with Gasteiger partial charge in [0.25, 0.3) is 5.82 Å². The fourth-order valence-electron chi connectivity index (χ4n) is 1.88. The minimum absolute atomic E-state index is 0.230. The van der Waals surface area contributed by atoms with Crippen molar-refractivity contribution in [2.45, 2.75) is 20.8 Å². The van der Waals surface area contributed by atoms with Crippen LogP contribution in [0.1, 0.15) is 18.3 Å². The number of hydrogen-bond donors (Lipinski definition) is 0. The predicted molar refractivity (Wildman–Crippen MR) is 68.5 cm³/mol. The van der Waals surface area contributed by atoms with Crippen molar-refractivity contribution in [3.05, 3.63) is 34.8 Å². The maximum absolute atomic E-state index is 12.0. The summed E-state index contributed by atoms with van der Waals surface area (Å²) in [5.41, 5.74) is 2.13. The second-order valence-electron chi connectivity index (χ2n) is 4.21. The van der Waals surface area contributed by atoms with Crippen molar-refractivity contribution in [1.29, 1.82) is 0 Å². The smallest absolute Gasteiger partial charge is 0.349 e. The fourth-order valence-corrected chi connectivity index (χ4v) is 1.88. The Hall–Kier alpha value is -2.24. The average molecular weight is 264 g/mol. The Kier molecular flexibility index (Phi) is 3.59. The van der Waals surface area contributed by atoms with E-state index in [4.69, 9.17) is 9.57 Å². The third-order valence-electron chi connectivity index (χ3n) is 2.77. The number of carbonyl (C=O) groups excluding carboxylic acids is 1. The Bertz CT molecular complexity index is 619. The summed E-state index contributed by atoms with van der Waals surface area (Å²) in [4.78, 5) is 16.6. The number of imidazole rings is 1. The number of carbonyl (C=O) groups is 1. The van der Waals surface area contributed by atoms with E-state index in [1.165, 1.54) is 4.73 Å². The zero-order chi connectivity index (χ0) is 14.0. The van der Waals surface area contributed by atoms with Crippen LogP contribution in [0.2, 0.25) is 0 Å². The van der Waals surface area contributed by atoms with E-state index in [-0.39, 0.29) is 6.61 Å². The molecule has 0 unspecified atom stereocenters. The maximum Gasteiger partial charge on any atom is 0.349 e. The number of ether oxygens (including phenoxy) is 1. The summed E-state index contributed by atoms with van der Waals surface area (Å²) in [6.07, 6.45) is 0. The predicted octanol–water partition coefficient (Wildman–Crippen LogP) is 0.883. The number of aromatic nitrogens is 2. The lowest BCUT2D eigenvalue weighted by atomic mass is 10.2. The van der Waals surface area contributed by atoms with Gasteiger partial charge in [0.1, 0.15) is 0 Å². The Morgan fingerprint density at radius 2 is 2.16 bits per heavy atom. The summed E-state index contributed by atoms with van der Waals surface area (Å²) in [6.45, 7) is 5.34. The second-order valence-corrected chi connectivity index (χ2v) is 4.21. The van der Waals surface area contributed by atoms with E-state index in [1.807, 2.05) is 13.0 Å². The van der Waals surface area contributed by atoms with Crippen LogP contribution in [0.25, 0.3) is 11.0 Å². The van der Waals surface area contributed by atoms with Gasteiger partial charge in [-0.25, -0.2) is 9.52 Å². The van der Waals surface area contributed by atoms with Crippen LogP contribution in [0, 0.1) is 19.1 Å². The van der Waals surface area contributed by atoms with E-state index < -0.39 is 5.97 Å². The molecule has 0 fully saturated rings. The molecule has 0 saturated carbocycles. The highest BCUT2D eigenvalue weighted by Gasteiger charge is 2.20. The minimum atomic E-state index is -0.465. The van der Waals surface area contributed by atoms with Crippen molar-refractivity contribution in [2.75, 3.05) is 13.2 Å². The van der Waals surface area contributed by atoms with Gasteiger partial charge in [-0.15, -0.1) is 0 Å². The monoisotopic (exact) mass is 264 g/mol. The van der Waals surface area contributed by atoms with E-state index in [2.05, 4.69) is 0 Å². The van der Waals surface area contributed by atoms with E-state index >= 15 is 0 Å². The van der Waals surface area contributed by atoms with Crippen molar-refractivity contribution < 1.29 is 19.1 Å². The van der Waals surface area contributed by atoms with Crippen LogP contribution >= 0.6 is 0 Å². The van der Waals surface area contributed by atoms with Gasteiger partial charge in [-0.3, -0.25) is 0 Å². The van der Waals surface area contributed by atoms with Crippen LogP contribution in [0.4, 0.5) is 0 Å². The van der Waals surface area contributed by atoms with Crippen LogP contribution in [0.3, 0.4) is 0 Å². The van der Waals surface area contributed by atoms with E-state index in [9.17, 15) is 10.0 Å². The highest BCUT2D eigenvalue weighted by atomic mass is 16.7. The van der Waals surface area contributed by atoms with Crippen molar-refractivity contribution in [3.63, 3.8) is 0 Å². The molecule has 0 bridgehead atoms. The third-order valence-corrected chi connectivity index (χ3v) is 2.77. The van der Waals surface area contributed by atoms with Gasteiger partial charge < -0.3 is 14.8 Å². The molecule has 0 atom stereocenters. The number of fused-ring (bicyclic) bond motifs is 1. The molecule has 1 heterocycles. The zero-order valence-corrected chi connectivity index (χ0v) is 11.2. The number of esters is 1. The van der Waals surface area contributed by atoms with Crippen molar-refractivity contribution >= 4 is 17.0 Å². The number of benzene rings is 1. The van der Waals surface area contributed by atoms with Crippen LogP contribution < -0.4 is 9.57 Å². The normalized spacial score (nSPS) is 10.7. The summed E-state index contributed by atoms with van der Waals surface area (Å²) in [5.74, 6) is -0.0989. The fraction of sp³-hybridized carbons (Fsp3) is 0.385. The summed E-state index contributed by atoms with van der Waals surface area (Å²) in [6, 6.07) is 5.45. The molecular formula is C13H16N2O4. The Morgan fingerprint density at radius 1 is 1.42 bits per heavy atom. The van der Waals surface area contributed by atoms with Crippen LogP contribution in [0.5, 0.6) is 0 Å². The minimum Gasteiger partial charge on any atom is -0.710 e. The molecule has 0 aliphatic heterocycles. The molecule has 2 aromatic rings. The largest absolute Gasteiger partial charge is 0.710 e. The number of hydrogen-bond acceptors (Lipinski definition) is 4. The first kappa shape index (κ1) is 13.2. The number of nitrogens with zero attached hydrogens (tertiary/aromatic N) is 2. The van der Waals surface area contributed by atoms with E-state index in [0.717, 1.165) is 10.3 Å². The summed E-state index contributed by atoms with van der Waals surface area (Å²) < 4.78 is 6.92. The molecule has 2 rings (SSSR count). The molecule has 19 heavy (non-hydrogen) atoms. The Labute approximate surface area is 110 Å². The van der Waals surface area contributed by atoms with Crippen molar-refractivity contribution in [1.82, 2.24) is 4.73 Å². The van der Waals surface area contributed by atoms with Gasteiger partial charge in [0.05, 0.1) is 6.61 Å².